The molecule has 6 aromatic rings. The molecule has 0 spiro atoms. The number of rotatable bonds is 7. The zero-order chi connectivity index (χ0) is 30.1. The first-order valence-corrected chi connectivity index (χ1v) is 13.3. The van der Waals surface area contributed by atoms with E-state index in [0.29, 0.717) is 33.7 Å². The Morgan fingerprint density at radius 1 is 1.02 bits per heavy atom. The zero-order valence-corrected chi connectivity index (χ0v) is 23.2. The van der Waals surface area contributed by atoms with Gasteiger partial charge in [0.2, 0.25) is 5.95 Å². The summed E-state index contributed by atoms with van der Waals surface area (Å²) >= 11 is 5.84. The van der Waals surface area contributed by atoms with Crippen LogP contribution in [-0.4, -0.2) is 35.4 Å². The predicted molar refractivity (Wildman–Crippen MR) is 158 cm³/mol. The van der Waals surface area contributed by atoms with E-state index in [4.69, 9.17) is 16.6 Å². The number of hydrogen-bond acceptors (Lipinski definition) is 7. The van der Waals surface area contributed by atoms with Gasteiger partial charge in [0.25, 0.3) is 11.5 Å². The molecule has 6 rings (SSSR count). The maximum Gasteiger partial charge on any atom is 0.257 e. The largest absolute Gasteiger partial charge is 0.347 e. The maximum atomic E-state index is 15.0. The number of para-hydroxylation sites is 1. The fourth-order valence-electron chi connectivity index (χ4n) is 4.54. The standard InChI is InChI=1S/C30H21ClF2N8O2/c1-16-5-7-18(38-29(43)17-6-9-23(31)36-14-17)13-20(16)26-19-8-10-25(42)41(27-21(32)3-2-4-22(27)33)28(19)40-30(39-26)37-15-24-34-11-12-35-24/h2-14H,15H2,1H3,(H,34,35)(H,38,43)(H,37,39,40). The van der Waals surface area contributed by atoms with Crippen molar-refractivity contribution in [3.63, 3.8) is 0 Å². The van der Waals surface area contributed by atoms with Crippen molar-refractivity contribution < 1.29 is 13.6 Å². The molecule has 0 fully saturated rings. The molecule has 13 heteroatoms. The second-order valence-electron chi connectivity index (χ2n) is 9.45. The first-order valence-electron chi connectivity index (χ1n) is 12.9. The fraction of sp³-hybridized carbons (Fsp3) is 0.0667. The number of aromatic nitrogens is 6. The van der Waals surface area contributed by atoms with E-state index in [1.165, 1.54) is 30.5 Å². The van der Waals surface area contributed by atoms with Gasteiger partial charge >= 0.3 is 0 Å². The first kappa shape index (κ1) is 27.7. The van der Waals surface area contributed by atoms with Crippen LogP contribution >= 0.6 is 11.6 Å². The van der Waals surface area contributed by atoms with Gasteiger partial charge < -0.3 is 15.6 Å². The lowest BCUT2D eigenvalue weighted by molar-refractivity contribution is 0.102. The monoisotopic (exact) mass is 598 g/mol. The quantitative estimate of drug-likeness (QED) is 0.202. The Balaban J connectivity index is 1.52. The summed E-state index contributed by atoms with van der Waals surface area (Å²) in [5.74, 6) is -1.60. The van der Waals surface area contributed by atoms with Crippen molar-refractivity contribution in [2.45, 2.75) is 13.5 Å². The smallest absolute Gasteiger partial charge is 0.257 e. The van der Waals surface area contributed by atoms with Crippen molar-refractivity contribution in [2.24, 2.45) is 0 Å². The van der Waals surface area contributed by atoms with Crippen LogP contribution in [0.5, 0.6) is 0 Å². The molecular weight excluding hydrogens is 578 g/mol. The maximum absolute atomic E-state index is 15.0. The van der Waals surface area contributed by atoms with Crippen LogP contribution in [0, 0.1) is 18.6 Å². The van der Waals surface area contributed by atoms with E-state index in [1.54, 1.807) is 36.7 Å². The van der Waals surface area contributed by atoms with E-state index in [0.717, 1.165) is 22.3 Å². The number of fused-ring (bicyclic) bond motifs is 1. The number of amides is 1. The lowest BCUT2D eigenvalue weighted by atomic mass is 10.0. The van der Waals surface area contributed by atoms with Gasteiger partial charge in [-0.05, 0) is 55.0 Å². The highest BCUT2D eigenvalue weighted by Gasteiger charge is 2.21. The summed E-state index contributed by atoms with van der Waals surface area (Å²) in [4.78, 5) is 46.3. The number of halogens is 3. The molecule has 10 nitrogen and oxygen atoms in total. The van der Waals surface area contributed by atoms with Crippen molar-refractivity contribution >= 4 is 40.2 Å². The number of pyridine rings is 2. The van der Waals surface area contributed by atoms with Gasteiger partial charge in [-0.2, -0.15) is 4.98 Å². The molecule has 0 radical (unpaired) electrons. The molecule has 214 valence electrons. The highest BCUT2D eigenvalue weighted by atomic mass is 35.5. The summed E-state index contributed by atoms with van der Waals surface area (Å²) in [6.07, 6.45) is 4.61. The lowest BCUT2D eigenvalue weighted by Crippen LogP contribution is -2.21. The molecule has 2 aromatic carbocycles. The van der Waals surface area contributed by atoms with Crippen LogP contribution in [0.2, 0.25) is 5.15 Å². The minimum absolute atomic E-state index is 0.0236. The Labute approximate surface area is 247 Å². The molecule has 0 atom stereocenters. The van der Waals surface area contributed by atoms with Crippen LogP contribution in [-0.2, 0) is 6.54 Å². The molecule has 1 amide bonds. The zero-order valence-electron chi connectivity index (χ0n) is 22.4. The summed E-state index contributed by atoms with van der Waals surface area (Å²) < 4.78 is 30.8. The SMILES string of the molecule is Cc1ccc(NC(=O)c2ccc(Cl)nc2)cc1-c1nc(NCc2ncc[nH]2)nc2c1ccc(=O)n2-c1c(F)cccc1F. The number of imidazole rings is 1. The van der Waals surface area contributed by atoms with Gasteiger partial charge in [-0.3, -0.25) is 14.2 Å². The van der Waals surface area contributed by atoms with Gasteiger partial charge in [-0.15, -0.1) is 0 Å². The summed E-state index contributed by atoms with van der Waals surface area (Å²) in [6.45, 7) is 2.05. The first-order chi connectivity index (χ1) is 20.8. The number of anilines is 2. The number of aryl methyl sites for hydroxylation is 1. The second-order valence-corrected chi connectivity index (χ2v) is 9.84. The minimum atomic E-state index is -0.933. The molecule has 43 heavy (non-hydrogen) atoms. The summed E-state index contributed by atoms with van der Waals surface area (Å²) in [5.41, 5.74) is 1.20. The fourth-order valence-corrected chi connectivity index (χ4v) is 4.66. The van der Waals surface area contributed by atoms with Crippen LogP contribution in [0.1, 0.15) is 21.7 Å². The molecule has 0 saturated carbocycles. The number of hydrogen-bond donors (Lipinski definition) is 3. The van der Waals surface area contributed by atoms with Crippen molar-refractivity contribution in [3.8, 4) is 16.9 Å². The van der Waals surface area contributed by atoms with Crippen molar-refractivity contribution in [2.75, 3.05) is 10.6 Å². The Morgan fingerprint density at radius 2 is 1.84 bits per heavy atom. The van der Waals surface area contributed by atoms with E-state index in [9.17, 15) is 18.4 Å². The number of nitrogens with one attached hydrogen (secondary N) is 3. The van der Waals surface area contributed by atoms with Gasteiger partial charge in [-0.25, -0.2) is 23.7 Å². The molecular formula is C30H21ClF2N8O2. The third-order valence-electron chi connectivity index (χ3n) is 6.62. The molecule has 0 bridgehead atoms. The molecule has 3 N–H and O–H groups in total. The van der Waals surface area contributed by atoms with Crippen molar-refractivity contribution in [3.05, 3.63) is 123 Å². The van der Waals surface area contributed by atoms with E-state index in [2.05, 4.69) is 30.6 Å². The molecule has 0 unspecified atom stereocenters. The summed E-state index contributed by atoms with van der Waals surface area (Å²) in [6, 6.07) is 14.3. The van der Waals surface area contributed by atoms with Gasteiger partial charge in [0.1, 0.15) is 28.3 Å². The van der Waals surface area contributed by atoms with Crippen LogP contribution in [0.25, 0.3) is 28.0 Å². The third-order valence-corrected chi connectivity index (χ3v) is 6.84. The Kier molecular flexibility index (Phi) is 7.34. The van der Waals surface area contributed by atoms with Crippen LogP contribution in [0.4, 0.5) is 20.4 Å². The highest BCUT2D eigenvalue weighted by Crippen LogP contribution is 2.33. The van der Waals surface area contributed by atoms with E-state index < -0.39 is 28.8 Å². The van der Waals surface area contributed by atoms with Crippen LogP contribution < -0.4 is 16.2 Å². The van der Waals surface area contributed by atoms with Crippen molar-refractivity contribution in [1.29, 1.82) is 0 Å². The van der Waals surface area contributed by atoms with Crippen LogP contribution in [0.3, 0.4) is 0 Å². The predicted octanol–water partition coefficient (Wildman–Crippen LogP) is 5.67. The molecule has 0 saturated heterocycles. The molecule has 0 aliphatic rings. The molecule has 4 aromatic heterocycles. The van der Waals surface area contributed by atoms with Crippen LogP contribution in [0.15, 0.2) is 84.0 Å². The number of benzene rings is 2. The van der Waals surface area contributed by atoms with Gasteiger partial charge in [-0.1, -0.05) is 23.7 Å². The molecule has 0 aliphatic carbocycles. The average molecular weight is 599 g/mol. The normalized spacial score (nSPS) is 11.1. The minimum Gasteiger partial charge on any atom is -0.347 e. The lowest BCUT2D eigenvalue weighted by Gasteiger charge is -2.16. The number of aromatic amines is 1. The number of nitrogens with zero attached hydrogens (tertiary/aromatic N) is 5. The Bertz CT molecular complexity index is 2030. The summed E-state index contributed by atoms with van der Waals surface area (Å²) in [7, 11) is 0. The number of carbonyl (C=O) groups is 1. The Hall–Kier alpha value is -5.49. The van der Waals surface area contributed by atoms with Crippen molar-refractivity contribution in [1.82, 2.24) is 29.5 Å². The van der Waals surface area contributed by atoms with Gasteiger partial charge in [0, 0.05) is 41.3 Å². The van der Waals surface area contributed by atoms with E-state index >= 15 is 0 Å². The second kappa shape index (κ2) is 11.4. The Morgan fingerprint density at radius 3 is 2.56 bits per heavy atom. The highest BCUT2D eigenvalue weighted by molar-refractivity contribution is 6.29. The van der Waals surface area contributed by atoms with Gasteiger partial charge in [0.15, 0.2) is 5.65 Å². The molecule has 0 aliphatic heterocycles. The topological polar surface area (TPSA) is 130 Å². The summed E-state index contributed by atoms with van der Waals surface area (Å²) in [5, 5.41) is 6.50. The average Bonchev–Trinajstić information content (AvgIpc) is 3.52. The van der Waals surface area contributed by atoms with E-state index in [-0.39, 0.29) is 23.3 Å². The van der Waals surface area contributed by atoms with E-state index in [1.807, 2.05) is 6.92 Å². The molecule has 4 heterocycles. The van der Waals surface area contributed by atoms with Gasteiger partial charge in [0.05, 0.1) is 17.8 Å². The number of carbonyl (C=O) groups excluding carboxylic acids is 1. The third kappa shape index (κ3) is 5.55. The number of H-pyrrole nitrogens is 1.